The van der Waals surface area contributed by atoms with Crippen LogP contribution in [0.15, 0.2) is 24.3 Å². The summed E-state index contributed by atoms with van der Waals surface area (Å²) >= 11 is 0. The second-order valence-corrected chi connectivity index (χ2v) is 13.5. The molecule has 0 bridgehead atoms. The van der Waals surface area contributed by atoms with Crippen LogP contribution in [0.4, 0.5) is 0 Å². The first-order valence-electron chi connectivity index (χ1n) is 16.7. The summed E-state index contributed by atoms with van der Waals surface area (Å²) in [7, 11) is 0. The van der Waals surface area contributed by atoms with Gasteiger partial charge in [0.15, 0.2) is 0 Å². The lowest BCUT2D eigenvalue weighted by molar-refractivity contribution is 0.0621. The number of hydrogen-bond acceptors (Lipinski definition) is 4. The largest absolute Gasteiger partial charge is 0.396 e. The molecule has 2 unspecified atom stereocenters. The first-order chi connectivity index (χ1) is 20.0. The lowest BCUT2D eigenvalue weighted by Crippen LogP contribution is -2.24. The standard InChI is InChI=1S/C38H62O4/c1-9-28(3)42-22-12-16-32-24-34(30(5)36(26-32)38(8,10-2)18-14-21-41)27-33-23-31(15-11-19-39)25-35(29(33)4)37(6,7)17-13-20-40/h23-26,28,39-41H,9-22,27H2,1-8H3. The van der Waals surface area contributed by atoms with Gasteiger partial charge in [0.25, 0.3) is 0 Å². The Morgan fingerprint density at radius 3 is 1.79 bits per heavy atom. The van der Waals surface area contributed by atoms with Crippen LogP contribution in [0, 0.1) is 13.8 Å². The quantitative estimate of drug-likeness (QED) is 0.138. The minimum atomic E-state index is -0.0421. The highest BCUT2D eigenvalue weighted by atomic mass is 16.5. The molecule has 0 fully saturated rings. The van der Waals surface area contributed by atoms with E-state index in [1.807, 2.05) is 0 Å². The molecule has 0 amide bonds. The summed E-state index contributed by atoms with van der Waals surface area (Å²) in [5.74, 6) is 0. The Morgan fingerprint density at radius 2 is 1.24 bits per heavy atom. The lowest BCUT2D eigenvalue weighted by atomic mass is 9.72. The van der Waals surface area contributed by atoms with Crippen molar-refractivity contribution in [2.24, 2.45) is 0 Å². The monoisotopic (exact) mass is 582 g/mol. The van der Waals surface area contributed by atoms with Gasteiger partial charge in [-0.3, -0.25) is 0 Å². The molecule has 0 aliphatic heterocycles. The second-order valence-electron chi connectivity index (χ2n) is 13.5. The van der Waals surface area contributed by atoms with Crippen LogP contribution in [0.25, 0.3) is 0 Å². The van der Waals surface area contributed by atoms with Crippen LogP contribution < -0.4 is 0 Å². The zero-order chi connectivity index (χ0) is 31.3. The number of aryl methyl sites for hydroxylation is 2. The molecule has 0 saturated heterocycles. The van der Waals surface area contributed by atoms with Crippen molar-refractivity contribution in [2.75, 3.05) is 26.4 Å². The van der Waals surface area contributed by atoms with Crippen molar-refractivity contribution < 1.29 is 20.1 Å². The van der Waals surface area contributed by atoms with E-state index in [0.717, 1.165) is 77.2 Å². The van der Waals surface area contributed by atoms with E-state index < -0.39 is 0 Å². The van der Waals surface area contributed by atoms with E-state index in [9.17, 15) is 15.3 Å². The van der Waals surface area contributed by atoms with Gasteiger partial charge < -0.3 is 20.1 Å². The summed E-state index contributed by atoms with van der Waals surface area (Å²) in [6, 6.07) is 9.59. The summed E-state index contributed by atoms with van der Waals surface area (Å²) in [5, 5.41) is 28.8. The minimum Gasteiger partial charge on any atom is -0.396 e. The molecule has 0 heterocycles. The van der Waals surface area contributed by atoms with Gasteiger partial charge in [-0.15, -0.1) is 0 Å². The molecule has 0 aliphatic carbocycles. The summed E-state index contributed by atoms with van der Waals surface area (Å²) < 4.78 is 6.01. The maximum Gasteiger partial charge on any atom is 0.0544 e. The maximum absolute atomic E-state index is 9.67. The average molecular weight is 583 g/mol. The molecule has 42 heavy (non-hydrogen) atoms. The molecule has 2 aromatic rings. The van der Waals surface area contributed by atoms with Gasteiger partial charge in [-0.25, -0.2) is 0 Å². The number of benzene rings is 2. The molecular weight excluding hydrogens is 520 g/mol. The molecule has 0 spiro atoms. The van der Waals surface area contributed by atoms with Crippen molar-refractivity contribution in [3.63, 3.8) is 0 Å². The molecule has 0 radical (unpaired) electrons. The highest BCUT2D eigenvalue weighted by Crippen LogP contribution is 2.39. The van der Waals surface area contributed by atoms with Gasteiger partial charge in [0.2, 0.25) is 0 Å². The third kappa shape index (κ3) is 10.2. The SMILES string of the molecule is CCC(C)OCCCc1cc(Cc2cc(CCCO)cc(C(C)(C)CCCO)c2C)c(C)c(C(C)(CC)CCCO)c1. The highest BCUT2D eigenvalue weighted by molar-refractivity contribution is 5.49. The summed E-state index contributed by atoms with van der Waals surface area (Å²) in [6.45, 7) is 19.5. The van der Waals surface area contributed by atoms with Crippen LogP contribution in [0.3, 0.4) is 0 Å². The van der Waals surface area contributed by atoms with Gasteiger partial charge >= 0.3 is 0 Å². The number of hydrogen-bond donors (Lipinski definition) is 3. The van der Waals surface area contributed by atoms with E-state index in [1.165, 1.54) is 44.5 Å². The van der Waals surface area contributed by atoms with Crippen LogP contribution in [-0.2, 0) is 34.8 Å². The Hall–Kier alpha value is -1.72. The number of aliphatic hydroxyl groups is 3. The molecule has 0 aliphatic rings. The van der Waals surface area contributed by atoms with Gasteiger partial charge in [0.05, 0.1) is 6.10 Å². The van der Waals surface area contributed by atoms with Crippen LogP contribution in [0.1, 0.15) is 137 Å². The van der Waals surface area contributed by atoms with Gasteiger partial charge in [-0.2, -0.15) is 0 Å². The first kappa shape index (κ1) is 36.5. The normalized spacial score (nSPS) is 14.3. The molecular formula is C38H62O4. The summed E-state index contributed by atoms with van der Waals surface area (Å²) in [5.41, 5.74) is 10.9. The van der Waals surface area contributed by atoms with Gasteiger partial charge in [0.1, 0.15) is 0 Å². The highest BCUT2D eigenvalue weighted by Gasteiger charge is 2.28. The zero-order valence-electron chi connectivity index (χ0n) is 28.2. The van der Waals surface area contributed by atoms with Crippen LogP contribution in [0.2, 0.25) is 0 Å². The molecule has 2 rings (SSSR count). The van der Waals surface area contributed by atoms with Crippen molar-refractivity contribution in [1.82, 2.24) is 0 Å². The second kappa shape index (κ2) is 17.5. The van der Waals surface area contributed by atoms with E-state index >= 15 is 0 Å². The molecule has 3 N–H and O–H groups in total. The third-order valence-corrected chi connectivity index (χ3v) is 9.75. The predicted molar refractivity (Wildman–Crippen MR) is 178 cm³/mol. The molecule has 2 aromatic carbocycles. The average Bonchev–Trinajstić information content (AvgIpc) is 2.98. The van der Waals surface area contributed by atoms with Gasteiger partial charge in [-0.05, 0) is 147 Å². The Balaban J connectivity index is 2.61. The third-order valence-electron chi connectivity index (χ3n) is 9.75. The molecule has 0 saturated carbocycles. The topological polar surface area (TPSA) is 69.9 Å². The minimum absolute atomic E-state index is 0.0141. The molecule has 0 aromatic heterocycles. The molecule has 2 atom stereocenters. The van der Waals surface area contributed by atoms with Crippen molar-refractivity contribution in [2.45, 2.75) is 143 Å². The van der Waals surface area contributed by atoms with E-state index in [-0.39, 0.29) is 30.7 Å². The number of aliphatic hydroxyl groups excluding tert-OH is 3. The first-order valence-corrected chi connectivity index (χ1v) is 16.7. The summed E-state index contributed by atoms with van der Waals surface area (Å²) in [4.78, 5) is 0. The lowest BCUT2D eigenvalue weighted by Gasteiger charge is -2.33. The zero-order valence-corrected chi connectivity index (χ0v) is 28.2. The number of rotatable bonds is 20. The Bertz CT molecular complexity index is 1090. The smallest absolute Gasteiger partial charge is 0.0544 e. The van der Waals surface area contributed by atoms with Crippen LogP contribution >= 0.6 is 0 Å². The predicted octanol–water partition coefficient (Wildman–Crippen LogP) is 8.06. The Morgan fingerprint density at radius 1 is 0.714 bits per heavy atom. The summed E-state index contributed by atoms with van der Waals surface area (Å²) in [6.07, 6.45) is 10.4. The van der Waals surface area contributed by atoms with Crippen molar-refractivity contribution in [1.29, 1.82) is 0 Å². The van der Waals surface area contributed by atoms with Gasteiger partial charge in [-0.1, -0.05) is 58.9 Å². The fourth-order valence-electron chi connectivity index (χ4n) is 6.46. The Labute approximate surface area is 257 Å². The van der Waals surface area contributed by atoms with Gasteiger partial charge in [0, 0.05) is 26.4 Å². The fraction of sp³-hybridized carbons (Fsp3) is 0.684. The Kier molecular flexibility index (Phi) is 15.2. The van der Waals surface area contributed by atoms with Crippen molar-refractivity contribution in [3.05, 3.63) is 68.8 Å². The van der Waals surface area contributed by atoms with E-state index in [0.29, 0.717) is 6.10 Å². The molecule has 4 nitrogen and oxygen atoms in total. The van der Waals surface area contributed by atoms with Crippen molar-refractivity contribution >= 4 is 0 Å². The molecule has 238 valence electrons. The van der Waals surface area contributed by atoms with E-state index in [1.54, 1.807) is 0 Å². The molecule has 4 heteroatoms. The fourth-order valence-corrected chi connectivity index (χ4v) is 6.46. The van der Waals surface area contributed by atoms with E-state index in [4.69, 9.17) is 4.74 Å². The maximum atomic E-state index is 9.67. The number of ether oxygens (including phenoxy) is 1. The van der Waals surface area contributed by atoms with E-state index in [2.05, 4.69) is 79.7 Å². The van der Waals surface area contributed by atoms with Crippen LogP contribution in [0.5, 0.6) is 0 Å². The van der Waals surface area contributed by atoms with Crippen molar-refractivity contribution in [3.8, 4) is 0 Å². The van der Waals surface area contributed by atoms with Crippen LogP contribution in [-0.4, -0.2) is 47.9 Å².